The van der Waals surface area contributed by atoms with Gasteiger partial charge in [-0.3, -0.25) is 0 Å². The highest BCUT2D eigenvalue weighted by molar-refractivity contribution is 5.34. The molecule has 0 saturated heterocycles. The minimum Gasteiger partial charge on any atom is -0.508 e. The van der Waals surface area contributed by atoms with Crippen LogP contribution < -0.4 is 0 Å². The summed E-state index contributed by atoms with van der Waals surface area (Å²) in [7, 11) is 1.64. The van der Waals surface area contributed by atoms with Gasteiger partial charge in [-0.1, -0.05) is 12.1 Å². The summed E-state index contributed by atoms with van der Waals surface area (Å²) in [5.74, 6) is 0.333. The van der Waals surface area contributed by atoms with E-state index in [0.717, 1.165) is 11.1 Å². The minimum atomic E-state index is 0.333. The third-order valence-corrected chi connectivity index (χ3v) is 1.58. The molecule has 0 fully saturated rings. The highest BCUT2D eigenvalue weighted by Gasteiger charge is 1.96. The molecule has 0 aliphatic rings. The Bertz CT molecular complexity index is 243. The Balaban J connectivity index is 2.86. The van der Waals surface area contributed by atoms with E-state index in [9.17, 15) is 5.11 Å². The topological polar surface area (TPSA) is 29.5 Å². The zero-order chi connectivity index (χ0) is 8.27. The Hall–Kier alpha value is -1.02. The van der Waals surface area contributed by atoms with Crippen LogP contribution in [-0.4, -0.2) is 12.2 Å². The van der Waals surface area contributed by atoms with Crippen LogP contribution in [0.2, 0.25) is 0 Å². The maximum Gasteiger partial charge on any atom is 0.118 e. The smallest absolute Gasteiger partial charge is 0.118 e. The van der Waals surface area contributed by atoms with Crippen molar-refractivity contribution in [3.63, 3.8) is 0 Å². The molecule has 0 heterocycles. The zero-order valence-corrected chi connectivity index (χ0v) is 6.79. The highest BCUT2D eigenvalue weighted by Crippen LogP contribution is 2.17. The van der Waals surface area contributed by atoms with Gasteiger partial charge in [-0.2, -0.15) is 0 Å². The number of rotatable bonds is 2. The Morgan fingerprint density at radius 2 is 2.18 bits per heavy atom. The van der Waals surface area contributed by atoms with Crippen LogP contribution in [0.3, 0.4) is 0 Å². The van der Waals surface area contributed by atoms with Gasteiger partial charge in [0.1, 0.15) is 5.75 Å². The molecule has 0 amide bonds. The van der Waals surface area contributed by atoms with Crippen LogP contribution in [0.5, 0.6) is 5.75 Å². The summed E-state index contributed by atoms with van der Waals surface area (Å²) < 4.78 is 4.91. The second-order valence-electron chi connectivity index (χ2n) is 2.55. The van der Waals surface area contributed by atoms with E-state index in [2.05, 4.69) is 0 Å². The molecule has 60 valence electrons. The molecule has 1 aromatic rings. The molecule has 0 unspecified atom stereocenters. The van der Waals surface area contributed by atoms with Crippen LogP contribution in [0.25, 0.3) is 0 Å². The van der Waals surface area contributed by atoms with Gasteiger partial charge >= 0.3 is 0 Å². The first-order chi connectivity index (χ1) is 5.24. The van der Waals surface area contributed by atoms with Gasteiger partial charge in [-0.05, 0) is 24.1 Å². The van der Waals surface area contributed by atoms with Gasteiger partial charge in [0.05, 0.1) is 6.61 Å². The van der Waals surface area contributed by atoms with Crippen LogP contribution in [0.15, 0.2) is 18.2 Å². The summed E-state index contributed by atoms with van der Waals surface area (Å²) >= 11 is 0. The molecule has 1 aromatic carbocycles. The van der Waals surface area contributed by atoms with Gasteiger partial charge < -0.3 is 9.84 Å². The van der Waals surface area contributed by atoms with Crippen molar-refractivity contribution >= 4 is 0 Å². The van der Waals surface area contributed by atoms with Crippen molar-refractivity contribution in [1.29, 1.82) is 0 Å². The number of hydrogen-bond donors (Lipinski definition) is 1. The number of methoxy groups -OCH3 is 1. The molecule has 0 spiro atoms. The monoisotopic (exact) mass is 152 g/mol. The molecule has 0 aromatic heterocycles. The Kier molecular flexibility index (Phi) is 2.49. The summed E-state index contributed by atoms with van der Waals surface area (Å²) in [6, 6.07) is 5.54. The molecule has 1 rings (SSSR count). The predicted molar refractivity (Wildman–Crippen MR) is 43.6 cm³/mol. The molecule has 1 N–H and O–H groups in total. The molecular formula is C9H12O2. The van der Waals surface area contributed by atoms with Gasteiger partial charge in [0.15, 0.2) is 0 Å². The molecule has 0 atom stereocenters. The van der Waals surface area contributed by atoms with E-state index >= 15 is 0 Å². The number of aromatic hydroxyl groups is 1. The first kappa shape index (κ1) is 8.08. The normalized spacial score (nSPS) is 10.0. The van der Waals surface area contributed by atoms with Gasteiger partial charge in [0, 0.05) is 7.11 Å². The van der Waals surface area contributed by atoms with Crippen molar-refractivity contribution in [2.24, 2.45) is 0 Å². The van der Waals surface area contributed by atoms with Crippen molar-refractivity contribution < 1.29 is 9.84 Å². The highest BCUT2D eigenvalue weighted by atomic mass is 16.5. The van der Waals surface area contributed by atoms with Crippen LogP contribution in [0.1, 0.15) is 11.1 Å². The van der Waals surface area contributed by atoms with Crippen LogP contribution in [0.4, 0.5) is 0 Å². The summed E-state index contributed by atoms with van der Waals surface area (Å²) in [4.78, 5) is 0. The number of phenolic OH excluding ortho intramolecular Hbond substituents is 1. The Morgan fingerprint density at radius 3 is 2.73 bits per heavy atom. The van der Waals surface area contributed by atoms with E-state index in [4.69, 9.17) is 4.74 Å². The third-order valence-electron chi connectivity index (χ3n) is 1.58. The molecule has 0 aliphatic carbocycles. The zero-order valence-electron chi connectivity index (χ0n) is 6.79. The molecule has 2 nitrogen and oxygen atoms in total. The molecule has 0 radical (unpaired) electrons. The summed E-state index contributed by atoms with van der Waals surface area (Å²) in [5, 5.41) is 9.27. The fourth-order valence-corrected chi connectivity index (χ4v) is 0.911. The number of hydrogen-bond acceptors (Lipinski definition) is 2. The van der Waals surface area contributed by atoms with E-state index in [-0.39, 0.29) is 0 Å². The van der Waals surface area contributed by atoms with E-state index < -0.39 is 0 Å². The number of phenols is 1. The van der Waals surface area contributed by atoms with Gasteiger partial charge in [0.25, 0.3) is 0 Å². The standard InChI is InChI=1S/C9H12O2/c1-7-3-4-8(6-11-2)5-9(7)10/h3-5,10H,6H2,1-2H3. The predicted octanol–water partition coefficient (Wildman–Crippen LogP) is 1.85. The first-order valence-corrected chi connectivity index (χ1v) is 3.51. The quantitative estimate of drug-likeness (QED) is 0.700. The van der Waals surface area contributed by atoms with Crippen molar-refractivity contribution in [3.8, 4) is 5.75 Å². The summed E-state index contributed by atoms with van der Waals surface area (Å²) in [6.45, 7) is 2.42. The van der Waals surface area contributed by atoms with Gasteiger partial charge in [0.2, 0.25) is 0 Å². The van der Waals surface area contributed by atoms with Crippen LogP contribution in [0, 0.1) is 6.92 Å². The minimum absolute atomic E-state index is 0.333. The van der Waals surface area contributed by atoms with Crippen molar-refractivity contribution in [2.75, 3.05) is 7.11 Å². The number of ether oxygens (including phenoxy) is 1. The van der Waals surface area contributed by atoms with Crippen LogP contribution in [-0.2, 0) is 11.3 Å². The van der Waals surface area contributed by atoms with E-state index in [1.165, 1.54) is 0 Å². The molecular weight excluding hydrogens is 140 g/mol. The molecule has 0 bridgehead atoms. The Labute approximate surface area is 66.4 Å². The fourth-order valence-electron chi connectivity index (χ4n) is 0.911. The van der Waals surface area contributed by atoms with E-state index in [0.29, 0.717) is 12.4 Å². The lowest BCUT2D eigenvalue weighted by Crippen LogP contribution is -1.87. The fraction of sp³-hybridized carbons (Fsp3) is 0.333. The van der Waals surface area contributed by atoms with Crippen molar-refractivity contribution in [3.05, 3.63) is 29.3 Å². The lowest BCUT2D eigenvalue weighted by molar-refractivity contribution is 0.184. The number of aryl methyl sites for hydroxylation is 1. The average molecular weight is 152 g/mol. The second kappa shape index (κ2) is 3.39. The Morgan fingerprint density at radius 1 is 1.45 bits per heavy atom. The van der Waals surface area contributed by atoms with Crippen molar-refractivity contribution in [2.45, 2.75) is 13.5 Å². The first-order valence-electron chi connectivity index (χ1n) is 3.51. The SMILES string of the molecule is COCc1ccc(C)c(O)c1. The average Bonchev–Trinajstić information content (AvgIpc) is 1.98. The maximum atomic E-state index is 9.27. The lowest BCUT2D eigenvalue weighted by atomic mass is 10.1. The molecule has 0 aliphatic heterocycles. The summed E-state index contributed by atoms with van der Waals surface area (Å²) in [6.07, 6.45) is 0. The largest absolute Gasteiger partial charge is 0.508 e. The molecule has 11 heavy (non-hydrogen) atoms. The van der Waals surface area contributed by atoms with Gasteiger partial charge in [-0.25, -0.2) is 0 Å². The third kappa shape index (κ3) is 1.95. The van der Waals surface area contributed by atoms with Gasteiger partial charge in [-0.15, -0.1) is 0 Å². The van der Waals surface area contributed by atoms with Crippen LogP contribution >= 0.6 is 0 Å². The summed E-state index contributed by atoms with van der Waals surface area (Å²) in [5.41, 5.74) is 1.89. The second-order valence-corrected chi connectivity index (χ2v) is 2.55. The van der Waals surface area contributed by atoms with Crippen molar-refractivity contribution in [1.82, 2.24) is 0 Å². The number of benzene rings is 1. The lowest BCUT2D eigenvalue weighted by Gasteiger charge is -2.01. The maximum absolute atomic E-state index is 9.27. The van der Waals surface area contributed by atoms with E-state index in [1.54, 1.807) is 13.2 Å². The molecule has 0 saturated carbocycles. The van der Waals surface area contributed by atoms with E-state index in [1.807, 2.05) is 19.1 Å². The molecule has 2 heteroatoms.